The Labute approximate surface area is 165 Å². The maximum atomic E-state index is 13.0. The van der Waals surface area contributed by atoms with E-state index in [9.17, 15) is 4.79 Å². The molecule has 144 valence electrons. The number of benzene rings is 2. The molecule has 0 N–H and O–H groups in total. The number of carbonyl (C=O) groups excluding carboxylic acids is 1. The van der Waals surface area contributed by atoms with Crippen molar-refractivity contribution in [1.29, 1.82) is 0 Å². The van der Waals surface area contributed by atoms with Gasteiger partial charge < -0.3 is 14.4 Å². The molecular weight excluding hydrogens is 358 g/mol. The van der Waals surface area contributed by atoms with Crippen molar-refractivity contribution >= 4 is 17.7 Å². The molecule has 0 bridgehead atoms. The summed E-state index contributed by atoms with van der Waals surface area (Å²) in [5.74, 6) is 2.22. The van der Waals surface area contributed by atoms with Crippen LogP contribution in [0.1, 0.15) is 35.6 Å². The average molecular weight is 386 g/mol. The summed E-state index contributed by atoms with van der Waals surface area (Å²) in [6, 6.07) is 12.2. The fourth-order valence-corrected chi connectivity index (χ4v) is 4.57. The molecule has 0 aliphatic carbocycles. The van der Waals surface area contributed by atoms with E-state index in [-0.39, 0.29) is 11.9 Å². The second-order valence-electron chi connectivity index (χ2n) is 6.91. The lowest BCUT2D eigenvalue weighted by Crippen LogP contribution is -2.32. The monoisotopic (exact) mass is 385 g/mol. The van der Waals surface area contributed by atoms with Crippen molar-refractivity contribution in [3.8, 4) is 11.5 Å². The summed E-state index contributed by atoms with van der Waals surface area (Å²) in [5, 5.41) is 0. The van der Waals surface area contributed by atoms with Gasteiger partial charge in [-0.3, -0.25) is 4.79 Å². The van der Waals surface area contributed by atoms with Gasteiger partial charge in [0.1, 0.15) is 11.5 Å². The molecule has 3 rings (SSSR count). The smallest absolute Gasteiger partial charge is 0.233 e. The number of amides is 1. The normalized spacial score (nSPS) is 16.4. The second kappa shape index (κ2) is 8.70. The van der Waals surface area contributed by atoms with Gasteiger partial charge in [0.05, 0.1) is 26.0 Å². The first kappa shape index (κ1) is 19.6. The molecule has 2 aromatic carbocycles. The number of hydrogen-bond donors (Lipinski definition) is 0. The van der Waals surface area contributed by atoms with Crippen molar-refractivity contribution < 1.29 is 14.3 Å². The number of thioether (sulfide) groups is 1. The molecule has 0 radical (unpaired) electrons. The number of carbonyl (C=O) groups is 1. The Morgan fingerprint density at radius 2 is 1.96 bits per heavy atom. The third-order valence-corrected chi connectivity index (χ3v) is 6.21. The first-order valence-corrected chi connectivity index (χ1v) is 10.2. The zero-order valence-corrected chi connectivity index (χ0v) is 17.3. The van der Waals surface area contributed by atoms with Crippen LogP contribution in [0.5, 0.6) is 11.5 Å². The number of rotatable bonds is 6. The molecule has 0 saturated carbocycles. The number of likely N-dealkylation sites (tertiary alicyclic amines) is 1. The number of aryl methyl sites for hydroxylation is 2. The molecule has 1 atom stereocenters. The third kappa shape index (κ3) is 4.41. The summed E-state index contributed by atoms with van der Waals surface area (Å²) in [5.41, 5.74) is 3.49. The Hall–Kier alpha value is -2.14. The quantitative estimate of drug-likeness (QED) is 0.671. The Morgan fingerprint density at radius 1 is 1.15 bits per heavy atom. The number of ether oxygens (including phenoxy) is 2. The number of nitrogens with zero attached hydrogens (tertiary/aromatic N) is 1. The van der Waals surface area contributed by atoms with Gasteiger partial charge in [0.2, 0.25) is 5.91 Å². The highest BCUT2D eigenvalue weighted by Crippen LogP contribution is 2.39. The first-order chi connectivity index (χ1) is 13.0. The van der Waals surface area contributed by atoms with E-state index in [4.69, 9.17) is 9.47 Å². The predicted octanol–water partition coefficient (Wildman–Crippen LogP) is 4.78. The van der Waals surface area contributed by atoms with Gasteiger partial charge in [-0.15, -0.1) is 11.8 Å². The highest BCUT2D eigenvalue weighted by Gasteiger charge is 2.32. The van der Waals surface area contributed by atoms with Gasteiger partial charge >= 0.3 is 0 Å². The van der Waals surface area contributed by atoms with E-state index >= 15 is 0 Å². The Kier molecular flexibility index (Phi) is 6.32. The maximum absolute atomic E-state index is 13.0. The standard InChI is InChI=1S/C22H27NO3S/c1-15-7-10-21(16(2)12-15)27-14-22(24)23-11-5-6-19(23)18-13-17(25-3)8-9-20(18)26-4/h7-10,12-13,19H,5-6,11,14H2,1-4H3/t19-/m1/s1. The highest BCUT2D eigenvalue weighted by atomic mass is 32.2. The molecular formula is C22H27NO3S. The van der Waals surface area contributed by atoms with Crippen molar-refractivity contribution in [2.45, 2.75) is 37.6 Å². The fourth-order valence-electron chi connectivity index (χ4n) is 3.67. The van der Waals surface area contributed by atoms with Crippen LogP contribution in [0.15, 0.2) is 41.3 Å². The van der Waals surface area contributed by atoms with Crippen LogP contribution >= 0.6 is 11.8 Å². The lowest BCUT2D eigenvalue weighted by atomic mass is 10.0. The van der Waals surface area contributed by atoms with Crippen LogP contribution in [0, 0.1) is 13.8 Å². The van der Waals surface area contributed by atoms with Crippen molar-refractivity contribution in [3.63, 3.8) is 0 Å². The minimum absolute atomic E-state index is 0.0438. The molecule has 27 heavy (non-hydrogen) atoms. The van der Waals surface area contributed by atoms with Crippen LogP contribution in [0.2, 0.25) is 0 Å². The lowest BCUT2D eigenvalue weighted by Gasteiger charge is -2.26. The van der Waals surface area contributed by atoms with Crippen molar-refractivity contribution in [2.24, 2.45) is 0 Å². The highest BCUT2D eigenvalue weighted by molar-refractivity contribution is 8.00. The first-order valence-electron chi connectivity index (χ1n) is 9.25. The minimum Gasteiger partial charge on any atom is -0.497 e. The van der Waals surface area contributed by atoms with Crippen molar-refractivity contribution in [1.82, 2.24) is 4.90 Å². The predicted molar refractivity (Wildman–Crippen MR) is 110 cm³/mol. The zero-order valence-electron chi connectivity index (χ0n) is 16.5. The van der Waals surface area contributed by atoms with Crippen molar-refractivity contribution in [3.05, 3.63) is 53.1 Å². The van der Waals surface area contributed by atoms with Crippen LogP contribution in [0.3, 0.4) is 0 Å². The zero-order chi connectivity index (χ0) is 19.4. The molecule has 1 heterocycles. The Balaban J connectivity index is 1.75. The largest absolute Gasteiger partial charge is 0.497 e. The van der Waals surface area contributed by atoms with E-state index in [0.717, 1.165) is 36.4 Å². The van der Waals surface area contributed by atoms with Crippen LogP contribution in [-0.2, 0) is 4.79 Å². The van der Waals surface area contributed by atoms with Crippen LogP contribution in [-0.4, -0.2) is 37.3 Å². The summed E-state index contributed by atoms with van der Waals surface area (Å²) in [7, 11) is 3.33. The molecule has 1 saturated heterocycles. The molecule has 1 fully saturated rings. The van der Waals surface area contributed by atoms with Gasteiger partial charge in [0.25, 0.3) is 0 Å². The van der Waals surface area contributed by atoms with E-state index in [1.54, 1.807) is 26.0 Å². The molecule has 1 aliphatic rings. The van der Waals surface area contributed by atoms with Gasteiger partial charge in [-0.25, -0.2) is 0 Å². The van der Waals surface area contributed by atoms with E-state index in [1.165, 1.54) is 16.0 Å². The van der Waals surface area contributed by atoms with E-state index in [1.807, 2.05) is 23.1 Å². The van der Waals surface area contributed by atoms with Crippen LogP contribution in [0.4, 0.5) is 0 Å². The molecule has 0 unspecified atom stereocenters. The summed E-state index contributed by atoms with van der Waals surface area (Å²) in [6.07, 6.45) is 1.95. The van der Waals surface area contributed by atoms with Crippen LogP contribution < -0.4 is 9.47 Å². The molecule has 1 amide bonds. The number of hydrogen-bond acceptors (Lipinski definition) is 4. The summed E-state index contributed by atoms with van der Waals surface area (Å²) < 4.78 is 10.9. The number of methoxy groups -OCH3 is 2. The fraction of sp³-hybridized carbons (Fsp3) is 0.409. The SMILES string of the molecule is COc1ccc(OC)c([C@H]2CCCN2C(=O)CSc2ccc(C)cc2C)c1. The van der Waals surface area contributed by atoms with Gasteiger partial charge in [0.15, 0.2) is 0 Å². The molecule has 0 spiro atoms. The molecule has 5 heteroatoms. The van der Waals surface area contributed by atoms with Gasteiger partial charge in [-0.05, 0) is 56.5 Å². The molecule has 2 aromatic rings. The Morgan fingerprint density at radius 3 is 2.67 bits per heavy atom. The van der Waals surface area contributed by atoms with E-state index < -0.39 is 0 Å². The summed E-state index contributed by atoms with van der Waals surface area (Å²) in [6.45, 7) is 4.97. The third-order valence-electron chi connectivity index (χ3n) is 5.05. The Bertz CT molecular complexity index is 821. The van der Waals surface area contributed by atoms with Gasteiger partial charge in [-0.2, -0.15) is 0 Å². The van der Waals surface area contributed by atoms with Gasteiger partial charge in [-0.1, -0.05) is 17.7 Å². The van der Waals surface area contributed by atoms with Crippen molar-refractivity contribution in [2.75, 3.05) is 26.5 Å². The summed E-state index contributed by atoms with van der Waals surface area (Å²) in [4.78, 5) is 16.1. The maximum Gasteiger partial charge on any atom is 0.233 e. The lowest BCUT2D eigenvalue weighted by molar-refractivity contribution is -0.129. The van der Waals surface area contributed by atoms with Crippen LogP contribution in [0.25, 0.3) is 0 Å². The van der Waals surface area contributed by atoms with E-state index in [0.29, 0.717) is 5.75 Å². The molecule has 0 aromatic heterocycles. The minimum atomic E-state index is 0.0438. The molecule has 4 nitrogen and oxygen atoms in total. The second-order valence-corrected chi connectivity index (χ2v) is 7.93. The average Bonchev–Trinajstić information content (AvgIpc) is 3.16. The van der Waals surface area contributed by atoms with Gasteiger partial charge in [0, 0.05) is 17.0 Å². The molecule has 1 aliphatic heterocycles. The summed E-state index contributed by atoms with van der Waals surface area (Å²) >= 11 is 1.62. The van der Waals surface area contributed by atoms with E-state index in [2.05, 4.69) is 32.0 Å². The topological polar surface area (TPSA) is 38.8 Å².